The van der Waals surface area contributed by atoms with Crippen LogP contribution < -0.4 is 10.2 Å². The predicted molar refractivity (Wildman–Crippen MR) is 128 cm³/mol. The molecule has 0 atom stereocenters. The summed E-state index contributed by atoms with van der Waals surface area (Å²) in [5.41, 5.74) is 2.67. The lowest BCUT2D eigenvalue weighted by Gasteiger charge is -2.31. The summed E-state index contributed by atoms with van der Waals surface area (Å²) >= 11 is 0. The first-order valence-corrected chi connectivity index (χ1v) is 12.1. The lowest BCUT2D eigenvalue weighted by Crippen LogP contribution is -2.37. The number of halogens is 1. The van der Waals surface area contributed by atoms with Crippen LogP contribution in [0.25, 0.3) is 0 Å². The summed E-state index contributed by atoms with van der Waals surface area (Å²) in [7, 11) is -4.00. The molecule has 0 saturated carbocycles. The molecule has 3 aromatic carbocycles. The Hall–Kier alpha value is -3.52. The molecule has 0 fully saturated rings. The first-order chi connectivity index (χ1) is 15.8. The third kappa shape index (κ3) is 4.80. The normalized spacial score (nSPS) is 14.4. The monoisotopic (exact) mass is 465 g/mol. The molecule has 0 unspecified atom stereocenters. The van der Waals surface area contributed by atoms with Crippen molar-refractivity contribution in [2.24, 2.45) is 4.40 Å². The molecule has 0 bridgehead atoms. The number of sulfonamides is 1. The predicted octanol–water partition coefficient (Wildman–Crippen LogP) is 5.14. The van der Waals surface area contributed by atoms with Gasteiger partial charge < -0.3 is 10.2 Å². The van der Waals surface area contributed by atoms with Crippen molar-refractivity contribution in [2.45, 2.75) is 31.6 Å². The number of amidine groups is 1. The summed E-state index contributed by atoms with van der Waals surface area (Å²) in [6.45, 7) is 4.61. The van der Waals surface area contributed by atoms with Crippen molar-refractivity contribution in [2.75, 3.05) is 16.8 Å². The van der Waals surface area contributed by atoms with E-state index in [4.69, 9.17) is 0 Å². The van der Waals surface area contributed by atoms with Crippen molar-refractivity contribution in [3.63, 3.8) is 0 Å². The molecule has 3 aromatic rings. The Morgan fingerprint density at radius 2 is 1.85 bits per heavy atom. The highest BCUT2D eigenvalue weighted by molar-refractivity contribution is 7.90. The van der Waals surface area contributed by atoms with Gasteiger partial charge in [0, 0.05) is 23.4 Å². The van der Waals surface area contributed by atoms with Gasteiger partial charge in [-0.3, -0.25) is 4.79 Å². The number of fused-ring (bicyclic) bond motifs is 1. The first-order valence-electron chi connectivity index (χ1n) is 10.7. The molecular weight excluding hydrogens is 441 g/mol. The smallest absolute Gasteiger partial charge is 0.286 e. The molecule has 1 N–H and O–H groups in total. The Morgan fingerprint density at radius 3 is 2.58 bits per heavy atom. The fourth-order valence-corrected chi connectivity index (χ4v) is 4.96. The Bertz CT molecular complexity index is 1350. The molecular formula is C25H24FN3O3S. The van der Waals surface area contributed by atoms with E-state index in [2.05, 4.69) is 16.6 Å². The molecule has 1 aliphatic rings. The summed E-state index contributed by atoms with van der Waals surface area (Å²) < 4.78 is 43.9. The molecule has 0 saturated heterocycles. The second kappa shape index (κ2) is 9.15. The van der Waals surface area contributed by atoms with E-state index in [1.165, 1.54) is 24.3 Å². The van der Waals surface area contributed by atoms with E-state index < -0.39 is 21.7 Å². The topological polar surface area (TPSA) is 78.8 Å². The van der Waals surface area contributed by atoms with Crippen LogP contribution in [0.5, 0.6) is 0 Å². The van der Waals surface area contributed by atoms with E-state index >= 15 is 0 Å². The van der Waals surface area contributed by atoms with Crippen molar-refractivity contribution < 1.29 is 17.6 Å². The van der Waals surface area contributed by atoms with E-state index in [0.717, 1.165) is 30.0 Å². The number of aryl methyl sites for hydroxylation is 1. The van der Waals surface area contributed by atoms with Crippen LogP contribution in [0.15, 0.2) is 76.0 Å². The second-order valence-corrected chi connectivity index (χ2v) is 9.48. The van der Waals surface area contributed by atoms with Gasteiger partial charge in [0.1, 0.15) is 10.7 Å². The van der Waals surface area contributed by atoms with Crippen molar-refractivity contribution in [1.82, 2.24) is 0 Å². The quantitative estimate of drug-likeness (QED) is 0.547. The van der Waals surface area contributed by atoms with E-state index in [-0.39, 0.29) is 16.1 Å². The van der Waals surface area contributed by atoms with Gasteiger partial charge in [0.05, 0.1) is 5.69 Å². The second-order valence-electron chi connectivity index (χ2n) is 7.91. The largest absolute Gasteiger partial charge is 0.324 e. The number of benzene rings is 3. The van der Waals surface area contributed by atoms with Gasteiger partial charge >= 0.3 is 0 Å². The van der Waals surface area contributed by atoms with Gasteiger partial charge in [-0.25, -0.2) is 4.39 Å². The molecule has 0 aromatic heterocycles. The molecule has 1 amide bonds. The maximum Gasteiger partial charge on any atom is 0.286 e. The van der Waals surface area contributed by atoms with Gasteiger partial charge in [-0.2, -0.15) is 8.42 Å². The number of unbranched alkanes of at least 4 members (excludes halogenated alkanes) is 1. The number of anilines is 2. The van der Waals surface area contributed by atoms with Gasteiger partial charge in [-0.15, -0.1) is 4.40 Å². The minimum absolute atomic E-state index is 0.0204. The number of rotatable bonds is 6. The molecule has 170 valence electrons. The summed E-state index contributed by atoms with van der Waals surface area (Å²) in [5.74, 6) is -0.675. The van der Waals surface area contributed by atoms with Crippen LogP contribution in [-0.4, -0.2) is 26.7 Å². The van der Waals surface area contributed by atoms with E-state index in [1.807, 2.05) is 36.1 Å². The van der Waals surface area contributed by atoms with Gasteiger partial charge in [-0.1, -0.05) is 43.2 Å². The average molecular weight is 466 g/mol. The Labute approximate surface area is 192 Å². The maximum absolute atomic E-state index is 13.5. The lowest BCUT2D eigenvalue weighted by molar-refractivity contribution is 0.102. The zero-order valence-corrected chi connectivity index (χ0v) is 19.2. The number of nitrogens with one attached hydrogen (secondary N) is 1. The number of carbonyl (C=O) groups excluding carboxylic acids is 1. The Kier molecular flexibility index (Phi) is 6.29. The minimum atomic E-state index is -4.00. The Balaban J connectivity index is 1.74. The van der Waals surface area contributed by atoms with Crippen LogP contribution in [0, 0.1) is 12.7 Å². The summed E-state index contributed by atoms with van der Waals surface area (Å²) in [6, 6.07) is 17.6. The molecule has 0 radical (unpaired) electrons. The fourth-order valence-electron chi connectivity index (χ4n) is 3.72. The highest BCUT2D eigenvalue weighted by atomic mass is 32.2. The van der Waals surface area contributed by atoms with Gasteiger partial charge in [-0.05, 0) is 55.8 Å². The molecule has 0 spiro atoms. The van der Waals surface area contributed by atoms with Crippen LogP contribution in [-0.2, 0) is 10.0 Å². The molecule has 0 aliphatic carbocycles. The molecule has 4 rings (SSSR count). The van der Waals surface area contributed by atoms with Crippen LogP contribution in [0.3, 0.4) is 0 Å². The number of nitrogens with zero attached hydrogens (tertiary/aromatic N) is 2. The van der Waals surface area contributed by atoms with E-state index in [1.54, 1.807) is 12.1 Å². The third-order valence-corrected chi connectivity index (χ3v) is 6.64. The zero-order chi connectivity index (χ0) is 23.6. The molecule has 1 heterocycles. The van der Waals surface area contributed by atoms with Crippen LogP contribution in [0.4, 0.5) is 15.8 Å². The zero-order valence-electron chi connectivity index (χ0n) is 18.4. The van der Waals surface area contributed by atoms with Gasteiger partial charge in [0.15, 0.2) is 5.84 Å². The highest BCUT2D eigenvalue weighted by Gasteiger charge is 2.32. The van der Waals surface area contributed by atoms with Crippen LogP contribution in [0.2, 0.25) is 0 Å². The SMILES string of the molecule is CCCCN1C(c2cccc(C)c2)=NS(=O)(=O)c2cc(NC(=O)c3cccc(F)c3)ccc21. The number of hydrogen-bond acceptors (Lipinski definition) is 4. The maximum atomic E-state index is 13.5. The molecule has 33 heavy (non-hydrogen) atoms. The minimum Gasteiger partial charge on any atom is -0.324 e. The highest BCUT2D eigenvalue weighted by Crippen LogP contribution is 2.35. The summed E-state index contributed by atoms with van der Waals surface area (Å²) in [6.07, 6.45) is 1.78. The fraction of sp³-hybridized carbons (Fsp3) is 0.200. The number of amides is 1. The average Bonchev–Trinajstić information content (AvgIpc) is 2.78. The lowest BCUT2D eigenvalue weighted by atomic mass is 10.1. The van der Waals surface area contributed by atoms with Crippen molar-refractivity contribution in [3.8, 4) is 0 Å². The third-order valence-electron chi connectivity index (χ3n) is 5.35. The van der Waals surface area contributed by atoms with Gasteiger partial charge in [0.25, 0.3) is 15.9 Å². The van der Waals surface area contributed by atoms with Crippen molar-refractivity contribution in [3.05, 3.63) is 89.2 Å². The number of hydrogen-bond donors (Lipinski definition) is 1. The Morgan fingerprint density at radius 1 is 1.06 bits per heavy atom. The van der Waals surface area contributed by atoms with Gasteiger partial charge in [0.2, 0.25) is 0 Å². The summed E-state index contributed by atoms with van der Waals surface area (Å²) in [5, 5.41) is 2.64. The van der Waals surface area contributed by atoms with Crippen molar-refractivity contribution >= 4 is 33.1 Å². The molecule has 6 nitrogen and oxygen atoms in total. The van der Waals surface area contributed by atoms with E-state index in [0.29, 0.717) is 18.1 Å². The summed E-state index contributed by atoms with van der Waals surface area (Å²) in [4.78, 5) is 14.4. The first kappa shape index (κ1) is 22.7. The van der Waals surface area contributed by atoms with Crippen molar-refractivity contribution in [1.29, 1.82) is 0 Å². The molecule has 1 aliphatic heterocycles. The van der Waals surface area contributed by atoms with E-state index in [9.17, 15) is 17.6 Å². The van der Waals surface area contributed by atoms with Crippen LogP contribution in [0.1, 0.15) is 41.3 Å². The van der Waals surface area contributed by atoms with Crippen LogP contribution >= 0.6 is 0 Å². The standard InChI is InChI=1S/C25H24FN3O3S/c1-3-4-13-29-22-12-11-21(27-25(30)19-9-6-10-20(26)15-19)16-23(22)33(31,32)28-24(29)18-8-5-7-17(2)14-18/h5-12,14-16H,3-4,13H2,1-2H3,(H,27,30). The number of carbonyl (C=O) groups is 1. The molecule has 8 heteroatoms.